The zero-order chi connectivity index (χ0) is 26.2. The van der Waals surface area contributed by atoms with E-state index in [9.17, 15) is 0 Å². The van der Waals surface area contributed by atoms with Crippen LogP contribution in [0.1, 0.15) is 0 Å². The van der Waals surface area contributed by atoms with E-state index in [0.29, 0.717) is 0 Å². The first-order chi connectivity index (χ1) is 19.8. The van der Waals surface area contributed by atoms with E-state index in [1.807, 2.05) is 6.07 Å². The van der Waals surface area contributed by atoms with Crippen LogP contribution >= 0.6 is 0 Å². The molecule has 0 spiro atoms. The maximum atomic E-state index is 6.42. The average Bonchev–Trinajstić information content (AvgIpc) is 3.62. The highest BCUT2D eigenvalue weighted by molar-refractivity contribution is 6.27. The summed E-state index contributed by atoms with van der Waals surface area (Å²) < 4.78 is 12.2. The fourth-order valence-corrected chi connectivity index (χ4v) is 6.64. The van der Waals surface area contributed by atoms with Crippen LogP contribution in [0, 0.1) is 0 Å². The van der Waals surface area contributed by atoms with Gasteiger partial charge in [-0.05, 0) is 78.8 Å². The van der Waals surface area contributed by atoms with Crippen molar-refractivity contribution in [1.29, 1.82) is 0 Å². The number of furan rings is 2. The summed E-state index contributed by atoms with van der Waals surface area (Å²) in [5.74, 6) is 0. The van der Waals surface area contributed by atoms with Gasteiger partial charge in [-0.25, -0.2) is 0 Å². The van der Waals surface area contributed by atoms with Gasteiger partial charge < -0.3 is 8.83 Å². The Labute approximate surface area is 229 Å². The number of hydrogen-bond acceptors (Lipinski definition) is 2. The smallest absolute Gasteiger partial charge is 0.136 e. The Morgan fingerprint density at radius 1 is 0.375 bits per heavy atom. The first-order valence-electron chi connectivity index (χ1n) is 13.6. The second-order valence-electron chi connectivity index (χ2n) is 10.5. The minimum Gasteiger partial charge on any atom is -0.464 e. The van der Waals surface area contributed by atoms with Crippen molar-refractivity contribution < 1.29 is 8.83 Å². The molecule has 0 aliphatic rings. The van der Waals surface area contributed by atoms with Crippen molar-refractivity contribution in [3.05, 3.63) is 134 Å². The van der Waals surface area contributed by atoms with Crippen molar-refractivity contribution in [3.8, 4) is 22.3 Å². The molecule has 0 saturated carbocycles. The zero-order valence-electron chi connectivity index (χ0n) is 21.5. The number of fused-ring (bicyclic) bond motifs is 7. The van der Waals surface area contributed by atoms with Gasteiger partial charge >= 0.3 is 0 Å². The van der Waals surface area contributed by atoms with Crippen molar-refractivity contribution in [2.24, 2.45) is 0 Å². The normalized spacial score (nSPS) is 12.0. The summed E-state index contributed by atoms with van der Waals surface area (Å²) in [7, 11) is 0. The highest BCUT2D eigenvalue weighted by Gasteiger charge is 2.21. The summed E-state index contributed by atoms with van der Waals surface area (Å²) in [6.45, 7) is 0. The van der Waals surface area contributed by atoms with Crippen LogP contribution in [0.15, 0.2) is 142 Å². The van der Waals surface area contributed by atoms with Crippen LogP contribution in [0.3, 0.4) is 0 Å². The van der Waals surface area contributed by atoms with Gasteiger partial charge in [0.15, 0.2) is 0 Å². The molecule has 0 aliphatic carbocycles. The molecule has 0 fully saturated rings. The molecule has 0 unspecified atom stereocenters. The lowest BCUT2D eigenvalue weighted by Crippen LogP contribution is -1.92. The van der Waals surface area contributed by atoms with Crippen LogP contribution in [0.25, 0.3) is 87.5 Å². The van der Waals surface area contributed by atoms with Gasteiger partial charge in [-0.15, -0.1) is 0 Å². The van der Waals surface area contributed by atoms with E-state index in [4.69, 9.17) is 8.83 Å². The number of hydrogen-bond donors (Lipinski definition) is 0. The third-order valence-corrected chi connectivity index (χ3v) is 8.33. The second-order valence-corrected chi connectivity index (χ2v) is 10.5. The average molecular weight is 511 g/mol. The predicted molar refractivity (Wildman–Crippen MR) is 167 cm³/mol. The predicted octanol–water partition coefficient (Wildman–Crippen LogP) is 11.1. The van der Waals surface area contributed by atoms with Crippen molar-refractivity contribution in [2.75, 3.05) is 0 Å². The van der Waals surface area contributed by atoms with Gasteiger partial charge in [0.2, 0.25) is 0 Å². The van der Waals surface area contributed by atoms with Crippen LogP contribution in [0.5, 0.6) is 0 Å². The van der Waals surface area contributed by atoms with E-state index in [-0.39, 0.29) is 0 Å². The second kappa shape index (κ2) is 8.08. The van der Waals surface area contributed by atoms with Gasteiger partial charge in [0.1, 0.15) is 16.7 Å². The maximum absolute atomic E-state index is 6.42. The first-order valence-corrected chi connectivity index (χ1v) is 13.6. The van der Waals surface area contributed by atoms with Gasteiger partial charge in [-0.3, -0.25) is 0 Å². The van der Waals surface area contributed by atoms with E-state index in [1.165, 1.54) is 54.6 Å². The van der Waals surface area contributed by atoms with Crippen LogP contribution in [-0.2, 0) is 0 Å². The van der Waals surface area contributed by atoms with Crippen molar-refractivity contribution in [1.82, 2.24) is 0 Å². The fourth-order valence-electron chi connectivity index (χ4n) is 6.64. The van der Waals surface area contributed by atoms with E-state index in [1.54, 1.807) is 6.26 Å². The molecule has 0 radical (unpaired) electrons. The molecule has 0 amide bonds. The minimum atomic E-state index is 0.867. The van der Waals surface area contributed by atoms with Gasteiger partial charge in [-0.1, -0.05) is 103 Å². The summed E-state index contributed by atoms with van der Waals surface area (Å²) in [6, 6.07) is 45.5. The molecule has 186 valence electrons. The summed E-state index contributed by atoms with van der Waals surface area (Å²) in [6.07, 6.45) is 1.74. The molecule has 9 aromatic rings. The largest absolute Gasteiger partial charge is 0.464 e. The van der Waals surface area contributed by atoms with E-state index < -0.39 is 0 Å². The maximum Gasteiger partial charge on any atom is 0.136 e. The number of benzene rings is 7. The molecule has 2 nitrogen and oxygen atoms in total. The summed E-state index contributed by atoms with van der Waals surface area (Å²) in [5.41, 5.74) is 7.54. The Kier molecular flexibility index (Phi) is 4.36. The minimum absolute atomic E-state index is 0.867. The first kappa shape index (κ1) is 21.6. The molecule has 2 aromatic heterocycles. The standard InChI is InChI=1S/C38H22O2/c1-2-11-25-23(9-1)10-7-16-26(25)36-27-12-3-5-14-29(27)37(30-15-6-4-13-28(30)36)31-17-8-18-33-38(31)32-22-34-24(19-20-39-34)21-35(32)40-33/h1-22H. The van der Waals surface area contributed by atoms with Crippen LogP contribution < -0.4 is 0 Å². The molecular formula is C38H22O2. The Balaban J connectivity index is 1.47. The fraction of sp³-hybridized carbons (Fsp3) is 0. The molecule has 2 heteroatoms. The zero-order valence-corrected chi connectivity index (χ0v) is 21.5. The van der Waals surface area contributed by atoms with E-state index >= 15 is 0 Å². The molecule has 40 heavy (non-hydrogen) atoms. The summed E-state index contributed by atoms with van der Waals surface area (Å²) in [5, 5.41) is 10.7. The molecule has 0 saturated heterocycles. The molecule has 2 heterocycles. The third-order valence-electron chi connectivity index (χ3n) is 8.33. The monoisotopic (exact) mass is 510 g/mol. The van der Waals surface area contributed by atoms with Crippen LogP contribution in [0.2, 0.25) is 0 Å². The lowest BCUT2D eigenvalue weighted by molar-refractivity contribution is 0.616. The van der Waals surface area contributed by atoms with Crippen LogP contribution in [0.4, 0.5) is 0 Å². The molecule has 0 aliphatic heterocycles. The molecular weight excluding hydrogens is 488 g/mol. The lowest BCUT2D eigenvalue weighted by Gasteiger charge is -2.19. The summed E-state index contributed by atoms with van der Waals surface area (Å²) in [4.78, 5) is 0. The van der Waals surface area contributed by atoms with E-state index in [2.05, 4.69) is 121 Å². The Morgan fingerprint density at radius 3 is 1.73 bits per heavy atom. The molecule has 0 atom stereocenters. The summed E-state index contributed by atoms with van der Waals surface area (Å²) >= 11 is 0. The topological polar surface area (TPSA) is 26.3 Å². The highest BCUT2D eigenvalue weighted by Crippen LogP contribution is 2.48. The van der Waals surface area contributed by atoms with Gasteiger partial charge in [0.05, 0.1) is 6.26 Å². The van der Waals surface area contributed by atoms with Crippen molar-refractivity contribution >= 4 is 65.2 Å². The Hall–Kier alpha value is -5.34. The SMILES string of the molecule is c1ccc2c(-c3c4ccccc4c(-c4cccc5oc6cc7ccoc7cc6c45)c4ccccc34)cccc2c1. The Morgan fingerprint density at radius 2 is 0.975 bits per heavy atom. The van der Waals surface area contributed by atoms with E-state index in [0.717, 1.165) is 32.9 Å². The quantitative estimate of drug-likeness (QED) is 0.216. The van der Waals surface area contributed by atoms with Gasteiger partial charge in [0.25, 0.3) is 0 Å². The molecule has 7 aromatic carbocycles. The van der Waals surface area contributed by atoms with Crippen molar-refractivity contribution in [2.45, 2.75) is 0 Å². The number of rotatable bonds is 2. The Bertz CT molecular complexity index is 2370. The van der Waals surface area contributed by atoms with Gasteiger partial charge in [-0.2, -0.15) is 0 Å². The lowest BCUT2D eigenvalue weighted by atomic mass is 9.84. The van der Waals surface area contributed by atoms with Crippen molar-refractivity contribution in [3.63, 3.8) is 0 Å². The molecule has 0 bridgehead atoms. The third kappa shape index (κ3) is 2.93. The molecule has 9 rings (SSSR count). The molecule has 0 N–H and O–H groups in total. The van der Waals surface area contributed by atoms with Crippen LogP contribution in [-0.4, -0.2) is 0 Å². The van der Waals surface area contributed by atoms with Gasteiger partial charge in [0, 0.05) is 16.2 Å². The highest BCUT2D eigenvalue weighted by atomic mass is 16.3.